The fraction of sp³-hybridized carbons (Fsp3) is 0.250. The summed E-state index contributed by atoms with van der Waals surface area (Å²) in [6.45, 7) is 4.02. The molecule has 2 aromatic rings. The maximum atomic E-state index is 6.20. The third-order valence-corrected chi connectivity index (χ3v) is 3.89. The Hall–Kier alpha value is -1.55. The first kappa shape index (κ1) is 14.9. The molecule has 0 saturated heterocycles. The summed E-state index contributed by atoms with van der Waals surface area (Å²) in [6.07, 6.45) is 0. The topological polar surface area (TPSA) is 47.3 Å². The summed E-state index contributed by atoms with van der Waals surface area (Å²) in [7, 11) is 1.66. The van der Waals surface area contributed by atoms with Crippen molar-refractivity contribution in [3.05, 3.63) is 63.7 Å². The van der Waals surface area contributed by atoms with Crippen molar-refractivity contribution in [3.63, 3.8) is 0 Å². The van der Waals surface area contributed by atoms with E-state index in [2.05, 4.69) is 5.43 Å². The van der Waals surface area contributed by atoms with Crippen molar-refractivity contribution in [2.75, 3.05) is 7.11 Å². The first-order valence-corrected chi connectivity index (χ1v) is 6.81. The van der Waals surface area contributed by atoms with Gasteiger partial charge in [0, 0.05) is 5.02 Å². The SMILES string of the molecule is COc1ccc(C(NN)c2ccc(C)c(Cl)c2)c(C)c1. The van der Waals surface area contributed by atoms with Crippen LogP contribution in [0.1, 0.15) is 28.3 Å². The molecule has 0 aliphatic rings. The maximum Gasteiger partial charge on any atom is 0.119 e. The quantitative estimate of drug-likeness (QED) is 0.669. The zero-order valence-corrected chi connectivity index (χ0v) is 12.7. The Morgan fingerprint density at radius 1 is 1.10 bits per heavy atom. The van der Waals surface area contributed by atoms with Gasteiger partial charge in [0.2, 0.25) is 0 Å². The van der Waals surface area contributed by atoms with Gasteiger partial charge in [0.25, 0.3) is 0 Å². The summed E-state index contributed by atoms with van der Waals surface area (Å²) in [5.74, 6) is 6.58. The molecule has 0 heterocycles. The van der Waals surface area contributed by atoms with Crippen LogP contribution in [0, 0.1) is 13.8 Å². The molecule has 0 radical (unpaired) electrons. The number of ether oxygens (including phenoxy) is 1. The zero-order valence-electron chi connectivity index (χ0n) is 11.9. The van der Waals surface area contributed by atoms with Gasteiger partial charge in [-0.1, -0.05) is 29.8 Å². The highest BCUT2D eigenvalue weighted by Gasteiger charge is 2.16. The summed E-state index contributed by atoms with van der Waals surface area (Å²) in [6, 6.07) is 11.8. The van der Waals surface area contributed by atoms with Crippen molar-refractivity contribution in [1.29, 1.82) is 0 Å². The zero-order chi connectivity index (χ0) is 14.7. The normalized spacial score (nSPS) is 12.2. The van der Waals surface area contributed by atoms with E-state index in [0.717, 1.165) is 33.0 Å². The number of rotatable bonds is 4. The molecule has 2 aromatic carbocycles. The van der Waals surface area contributed by atoms with Crippen molar-refractivity contribution in [3.8, 4) is 5.75 Å². The van der Waals surface area contributed by atoms with Crippen LogP contribution in [0.4, 0.5) is 0 Å². The predicted octanol–water partition coefficient (Wildman–Crippen LogP) is 3.52. The molecule has 3 N–H and O–H groups in total. The molecule has 2 rings (SSSR count). The van der Waals surface area contributed by atoms with Gasteiger partial charge in [-0.05, 0) is 54.3 Å². The number of methoxy groups -OCH3 is 1. The van der Waals surface area contributed by atoms with Gasteiger partial charge in [-0.15, -0.1) is 0 Å². The molecule has 0 aliphatic carbocycles. The van der Waals surface area contributed by atoms with Crippen molar-refractivity contribution in [2.45, 2.75) is 19.9 Å². The summed E-state index contributed by atoms with van der Waals surface area (Å²) in [4.78, 5) is 0. The van der Waals surface area contributed by atoms with Gasteiger partial charge in [0.1, 0.15) is 5.75 Å². The van der Waals surface area contributed by atoms with Crippen LogP contribution < -0.4 is 16.0 Å². The standard InChI is InChI=1S/C16H19ClN2O/c1-10-4-5-12(9-15(10)17)16(19-18)14-7-6-13(20-3)8-11(14)2/h4-9,16,19H,18H2,1-3H3. The molecule has 1 atom stereocenters. The molecule has 0 aliphatic heterocycles. The summed E-state index contributed by atoms with van der Waals surface area (Å²) in [5.41, 5.74) is 7.17. The Balaban J connectivity index is 2.43. The summed E-state index contributed by atoms with van der Waals surface area (Å²) >= 11 is 6.20. The minimum atomic E-state index is -0.0981. The lowest BCUT2D eigenvalue weighted by atomic mass is 9.95. The minimum Gasteiger partial charge on any atom is -0.497 e. The Labute approximate surface area is 124 Å². The number of nitrogens with two attached hydrogens (primary N) is 1. The molecule has 0 fully saturated rings. The Kier molecular flexibility index (Phi) is 4.65. The van der Waals surface area contributed by atoms with Crippen molar-refractivity contribution >= 4 is 11.6 Å². The fourth-order valence-corrected chi connectivity index (χ4v) is 2.44. The smallest absolute Gasteiger partial charge is 0.119 e. The highest BCUT2D eigenvalue weighted by Crippen LogP contribution is 2.29. The molecule has 3 nitrogen and oxygen atoms in total. The molecule has 0 spiro atoms. The number of aryl methyl sites for hydroxylation is 2. The van der Waals surface area contributed by atoms with Gasteiger partial charge in [-0.25, -0.2) is 5.43 Å². The molecule has 4 heteroatoms. The Morgan fingerprint density at radius 3 is 2.40 bits per heavy atom. The van der Waals surface area contributed by atoms with Crippen LogP contribution >= 0.6 is 11.6 Å². The van der Waals surface area contributed by atoms with Crippen molar-refractivity contribution < 1.29 is 4.74 Å². The molecule has 0 bridgehead atoms. The molecule has 1 unspecified atom stereocenters. The lowest BCUT2D eigenvalue weighted by molar-refractivity contribution is 0.414. The van der Waals surface area contributed by atoms with Crippen LogP contribution in [0.15, 0.2) is 36.4 Å². The first-order valence-electron chi connectivity index (χ1n) is 6.43. The first-order chi connectivity index (χ1) is 9.56. The van der Waals surface area contributed by atoms with E-state index in [1.807, 2.05) is 50.2 Å². The van der Waals surface area contributed by atoms with Crippen LogP contribution in [-0.4, -0.2) is 7.11 Å². The van der Waals surface area contributed by atoms with Crippen LogP contribution in [0.3, 0.4) is 0 Å². The third kappa shape index (κ3) is 2.96. The van der Waals surface area contributed by atoms with Crippen molar-refractivity contribution in [1.82, 2.24) is 5.43 Å². The van der Waals surface area contributed by atoms with E-state index in [1.165, 1.54) is 0 Å². The second kappa shape index (κ2) is 6.27. The molecule has 0 amide bonds. The number of benzene rings is 2. The molecule has 20 heavy (non-hydrogen) atoms. The van der Waals surface area contributed by atoms with E-state index in [-0.39, 0.29) is 6.04 Å². The molecular weight excluding hydrogens is 272 g/mol. The van der Waals surface area contributed by atoms with Gasteiger partial charge in [0.15, 0.2) is 0 Å². The summed E-state index contributed by atoms with van der Waals surface area (Å²) in [5, 5.41) is 0.744. The van der Waals surface area contributed by atoms with Crippen LogP contribution in [-0.2, 0) is 0 Å². The highest BCUT2D eigenvalue weighted by atomic mass is 35.5. The monoisotopic (exact) mass is 290 g/mol. The van der Waals surface area contributed by atoms with E-state index in [4.69, 9.17) is 22.2 Å². The molecular formula is C16H19ClN2O. The highest BCUT2D eigenvalue weighted by molar-refractivity contribution is 6.31. The Bertz CT molecular complexity index is 613. The largest absolute Gasteiger partial charge is 0.497 e. The maximum absolute atomic E-state index is 6.20. The van der Waals surface area contributed by atoms with Crippen LogP contribution in [0.2, 0.25) is 5.02 Å². The van der Waals surface area contributed by atoms with Gasteiger partial charge in [-0.3, -0.25) is 5.84 Å². The van der Waals surface area contributed by atoms with Crippen molar-refractivity contribution in [2.24, 2.45) is 5.84 Å². The van der Waals surface area contributed by atoms with Gasteiger partial charge >= 0.3 is 0 Å². The van der Waals surface area contributed by atoms with E-state index < -0.39 is 0 Å². The summed E-state index contributed by atoms with van der Waals surface area (Å²) < 4.78 is 5.23. The van der Waals surface area contributed by atoms with Gasteiger partial charge < -0.3 is 4.74 Å². The third-order valence-electron chi connectivity index (χ3n) is 3.48. The lowest BCUT2D eigenvalue weighted by Crippen LogP contribution is -2.29. The second-order valence-corrected chi connectivity index (χ2v) is 5.24. The van der Waals surface area contributed by atoms with E-state index in [9.17, 15) is 0 Å². The van der Waals surface area contributed by atoms with Crippen LogP contribution in [0.25, 0.3) is 0 Å². The number of hydrogen-bond acceptors (Lipinski definition) is 3. The number of hydrazine groups is 1. The fourth-order valence-electron chi connectivity index (χ4n) is 2.25. The van der Waals surface area contributed by atoms with E-state index in [1.54, 1.807) is 7.11 Å². The van der Waals surface area contributed by atoms with Gasteiger partial charge in [0.05, 0.1) is 13.2 Å². The molecule has 106 valence electrons. The number of halogens is 1. The predicted molar refractivity (Wildman–Crippen MR) is 83.1 cm³/mol. The van der Waals surface area contributed by atoms with Gasteiger partial charge in [-0.2, -0.15) is 0 Å². The number of hydrogen-bond donors (Lipinski definition) is 2. The van der Waals surface area contributed by atoms with E-state index in [0.29, 0.717) is 0 Å². The molecule has 0 saturated carbocycles. The van der Waals surface area contributed by atoms with E-state index >= 15 is 0 Å². The minimum absolute atomic E-state index is 0.0981. The second-order valence-electron chi connectivity index (χ2n) is 4.83. The molecule has 0 aromatic heterocycles. The number of nitrogens with one attached hydrogen (secondary N) is 1. The average Bonchev–Trinajstić information content (AvgIpc) is 2.45. The lowest BCUT2D eigenvalue weighted by Gasteiger charge is -2.20. The average molecular weight is 291 g/mol. The van der Waals surface area contributed by atoms with Crippen LogP contribution in [0.5, 0.6) is 5.75 Å². The Morgan fingerprint density at radius 2 is 1.85 bits per heavy atom.